The second-order valence-corrected chi connectivity index (χ2v) is 5.82. The molecule has 0 radical (unpaired) electrons. The van der Waals surface area contributed by atoms with Crippen molar-refractivity contribution in [3.63, 3.8) is 0 Å². The van der Waals surface area contributed by atoms with Crippen molar-refractivity contribution in [3.05, 3.63) is 0 Å². The third-order valence-corrected chi connectivity index (χ3v) is 4.34. The molecule has 0 aromatic rings. The highest BCUT2D eigenvalue weighted by atomic mass is 16.2. The molecule has 2 amide bonds. The second-order valence-electron chi connectivity index (χ2n) is 5.82. The minimum atomic E-state index is -0.145. The molecule has 1 aliphatic rings. The van der Waals surface area contributed by atoms with Crippen LogP contribution in [0.25, 0.3) is 0 Å². The summed E-state index contributed by atoms with van der Waals surface area (Å²) in [6, 6.07) is -0.125. The molecule has 2 N–H and O–H groups in total. The van der Waals surface area contributed by atoms with Crippen molar-refractivity contribution in [1.29, 1.82) is 0 Å². The molecule has 2 unspecified atom stereocenters. The zero-order chi connectivity index (χ0) is 16.0. The average Bonchev–Trinajstić information content (AvgIpc) is 2.47. The Labute approximate surface area is 128 Å². The van der Waals surface area contributed by atoms with E-state index in [4.69, 9.17) is 5.73 Å². The normalized spacial score (nSPS) is 19.2. The van der Waals surface area contributed by atoms with Crippen LogP contribution in [0.2, 0.25) is 0 Å². The second kappa shape index (κ2) is 8.34. The molecule has 0 spiro atoms. The quantitative estimate of drug-likeness (QED) is 0.748. The van der Waals surface area contributed by atoms with Gasteiger partial charge in [-0.15, -0.1) is 0 Å². The Morgan fingerprint density at radius 3 is 2.05 bits per heavy atom. The summed E-state index contributed by atoms with van der Waals surface area (Å²) in [6.07, 6.45) is 0. The Hall–Kier alpha value is -1.14. The van der Waals surface area contributed by atoms with Crippen LogP contribution < -0.4 is 5.73 Å². The lowest BCUT2D eigenvalue weighted by Crippen LogP contribution is -2.53. The highest BCUT2D eigenvalue weighted by Crippen LogP contribution is 2.10. The van der Waals surface area contributed by atoms with Crippen LogP contribution in [0.15, 0.2) is 0 Å². The summed E-state index contributed by atoms with van der Waals surface area (Å²) in [7, 11) is 0. The number of piperazine rings is 1. The van der Waals surface area contributed by atoms with Gasteiger partial charge < -0.3 is 15.5 Å². The first-order chi connectivity index (χ1) is 9.90. The van der Waals surface area contributed by atoms with Crippen LogP contribution in [-0.4, -0.2) is 78.4 Å². The predicted molar refractivity (Wildman–Crippen MR) is 83.8 cm³/mol. The van der Waals surface area contributed by atoms with Crippen LogP contribution in [0.1, 0.15) is 27.7 Å². The number of carbonyl (C=O) groups excluding carboxylic acids is 2. The highest BCUT2D eigenvalue weighted by molar-refractivity contribution is 5.79. The van der Waals surface area contributed by atoms with Gasteiger partial charge in [-0.25, -0.2) is 0 Å². The number of nitrogens with two attached hydrogens (primary N) is 1. The number of carbonyl (C=O) groups is 2. The zero-order valence-electron chi connectivity index (χ0n) is 13.8. The van der Waals surface area contributed by atoms with Gasteiger partial charge in [0.15, 0.2) is 0 Å². The first-order valence-electron chi connectivity index (χ1n) is 7.95. The molecule has 1 aliphatic heterocycles. The smallest absolute Gasteiger partial charge is 0.236 e. The van der Waals surface area contributed by atoms with Crippen LogP contribution in [0, 0.1) is 5.92 Å². The van der Waals surface area contributed by atoms with E-state index in [-0.39, 0.29) is 23.8 Å². The molecule has 2 atom stereocenters. The van der Waals surface area contributed by atoms with E-state index in [2.05, 4.69) is 4.90 Å². The van der Waals surface area contributed by atoms with Gasteiger partial charge in [-0.2, -0.15) is 0 Å². The van der Waals surface area contributed by atoms with Crippen molar-refractivity contribution in [2.45, 2.75) is 33.7 Å². The Morgan fingerprint density at radius 1 is 1.10 bits per heavy atom. The van der Waals surface area contributed by atoms with Crippen molar-refractivity contribution in [3.8, 4) is 0 Å². The summed E-state index contributed by atoms with van der Waals surface area (Å²) in [5, 5.41) is 0. The molecule has 0 saturated carbocycles. The molecular formula is C15H30N4O2. The number of nitrogens with zero attached hydrogens (tertiary/aromatic N) is 3. The Morgan fingerprint density at radius 2 is 1.62 bits per heavy atom. The molecule has 1 fully saturated rings. The fourth-order valence-corrected chi connectivity index (χ4v) is 2.51. The summed E-state index contributed by atoms with van der Waals surface area (Å²) in [4.78, 5) is 30.1. The molecule has 1 rings (SSSR count). The molecular weight excluding hydrogens is 268 g/mol. The fraction of sp³-hybridized carbons (Fsp3) is 0.867. The Kier molecular flexibility index (Phi) is 7.11. The van der Waals surface area contributed by atoms with E-state index in [1.807, 2.05) is 37.5 Å². The SMILES string of the molecule is CCN(CC)C(=O)CN1CCN(C(=O)C(C)C(C)N)CC1. The number of likely N-dealkylation sites (N-methyl/N-ethyl adjacent to an activating group) is 1. The van der Waals surface area contributed by atoms with Crippen molar-refractivity contribution >= 4 is 11.8 Å². The van der Waals surface area contributed by atoms with Gasteiger partial charge in [0.05, 0.1) is 12.5 Å². The number of hydrogen-bond donors (Lipinski definition) is 1. The molecule has 6 nitrogen and oxygen atoms in total. The van der Waals surface area contributed by atoms with Crippen molar-refractivity contribution in [2.24, 2.45) is 11.7 Å². The summed E-state index contributed by atoms with van der Waals surface area (Å²) in [5.74, 6) is 0.150. The number of rotatable bonds is 6. The standard InChI is InChI=1S/C15H30N4O2/c1-5-18(6-2)14(20)11-17-7-9-19(10-8-17)15(21)12(3)13(4)16/h12-13H,5-11,16H2,1-4H3. The third kappa shape index (κ3) is 4.97. The number of hydrogen-bond acceptors (Lipinski definition) is 4. The van der Waals surface area contributed by atoms with Gasteiger partial charge in [0.2, 0.25) is 11.8 Å². The van der Waals surface area contributed by atoms with Crippen LogP contribution in [0.4, 0.5) is 0 Å². The molecule has 0 aliphatic carbocycles. The molecule has 0 aromatic heterocycles. The van der Waals surface area contributed by atoms with Gasteiger partial charge in [-0.1, -0.05) is 6.92 Å². The average molecular weight is 298 g/mol. The molecule has 1 heterocycles. The fourth-order valence-electron chi connectivity index (χ4n) is 2.51. The Balaban J connectivity index is 2.42. The van der Waals surface area contributed by atoms with E-state index >= 15 is 0 Å². The van der Waals surface area contributed by atoms with E-state index in [1.165, 1.54) is 0 Å². The maximum absolute atomic E-state index is 12.2. The summed E-state index contributed by atoms with van der Waals surface area (Å²) in [6.45, 7) is 12.6. The third-order valence-electron chi connectivity index (χ3n) is 4.34. The van der Waals surface area contributed by atoms with Crippen molar-refractivity contribution < 1.29 is 9.59 Å². The summed E-state index contributed by atoms with van der Waals surface area (Å²) >= 11 is 0. The predicted octanol–water partition coefficient (Wildman–Crippen LogP) is -0.0177. The molecule has 1 saturated heterocycles. The highest BCUT2D eigenvalue weighted by Gasteiger charge is 2.27. The van der Waals surface area contributed by atoms with Gasteiger partial charge in [0, 0.05) is 45.3 Å². The van der Waals surface area contributed by atoms with Gasteiger partial charge in [-0.05, 0) is 20.8 Å². The largest absolute Gasteiger partial charge is 0.342 e. The lowest BCUT2D eigenvalue weighted by atomic mass is 10.0. The summed E-state index contributed by atoms with van der Waals surface area (Å²) < 4.78 is 0. The van der Waals surface area contributed by atoms with E-state index in [0.29, 0.717) is 19.6 Å². The van der Waals surface area contributed by atoms with Crippen LogP contribution in [0.3, 0.4) is 0 Å². The van der Waals surface area contributed by atoms with Gasteiger partial charge in [0.1, 0.15) is 0 Å². The maximum atomic E-state index is 12.2. The van der Waals surface area contributed by atoms with Gasteiger partial charge in [-0.3, -0.25) is 14.5 Å². The monoisotopic (exact) mass is 298 g/mol. The van der Waals surface area contributed by atoms with Gasteiger partial charge in [0.25, 0.3) is 0 Å². The van der Waals surface area contributed by atoms with Crippen LogP contribution in [-0.2, 0) is 9.59 Å². The minimum absolute atomic E-state index is 0.125. The minimum Gasteiger partial charge on any atom is -0.342 e. The summed E-state index contributed by atoms with van der Waals surface area (Å²) in [5.41, 5.74) is 5.79. The molecule has 6 heteroatoms. The lowest BCUT2D eigenvalue weighted by Gasteiger charge is -2.36. The Bertz CT molecular complexity index is 348. The topological polar surface area (TPSA) is 69.9 Å². The molecule has 21 heavy (non-hydrogen) atoms. The van der Waals surface area contributed by atoms with Gasteiger partial charge >= 0.3 is 0 Å². The first kappa shape index (κ1) is 17.9. The van der Waals surface area contributed by atoms with Crippen LogP contribution >= 0.6 is 0 Å². The molecule has 0 aromatic carbocycles. The first-order valence-corrected chi connectivity index (χ1v) is 7.95. The van der Waals surface area contributed by atoms with E-state index in [1.54, 1.807) is 0 Å². The maximum Gasteiger partial charge on any atom is 0.236 e. The zero-order valence-corrected chi connectivity index (χ0v) is 13.8. The van der Waals surface area contributed by atoms with Crippen molar-refractivity contribution in [2.75, 3.05) is 45.8 Å². The van der Waals surface area contributed by atoms with Crippen molar-refractivity contribution in [1.82, 2.24) is 14.7 Å². The van der Waals surface area contributed by atoms with E-state index in [0.717, 1.165) is 26.2 Å². The van der Waals surface area contributed by atoms with Crippen LogP contribution in [0.5, 0.6) is 0 Å². The lowest BCUT2D eigenvalue weighted by molar-refractivity contribution is -0.138. The van der Waals surface area contributed by atoms with E-state index in [9.17, 15) is 9.59 Å². The van der Waals surface area contributed by atoms with E-state index < -0.39 is 0 Å². The number of amides is 2. The molecule has 0 bridgehead atoms. The molecule has 122 valence electrons.